The number of hydrogen-bond donors (Lipinski definition) is 1. The molecule has 5 heteroatoms. The molecule has 28 heavy (non-hydrogen) atoms. The lowest BCUT2D eigenvalue weighted by Gasteiger charge is -2.47. The van der Waals surface area contributed by atoms with Crippen molar-refractivity contribution in [3.63, 3.8) is 0 Å². The van der Waals surface area contributed by atoms with E-state index in [0.717, 1.165) is 49.2 Å². The van der Waals surface area contributed by atoms with Crippen LogP contribution < -0.4 is 10.2 Å². The summed E-state index contributed by atoms with van der Waals surface area (Å²) in [6.07, 6.45) is 3.30. The summed E-state index contributed by atoms with van der Waals surface area (Å²) >= 11 is 0. The van der Waals surface area contributed by atoms with Crippen molar-refractivity contribution >= 4 is 17.5 Å². The average molecular weight is 377 g/mol. The van der Waals surface area contributed by atoms with E-state index in [2.05, 4.69) is 17.1 Å². The minimum absolute atomic E-state index is 0.0938. The molecule has 2 heterocycles. The van der Waals surface area contributed by atoms with E-state index in [-0.39, 0.29) is 18.0 Å². The van der Waals surface area contributed by atoms with Crippen LogP contribution in [0, 0.1) is 6.92 Å². The van der Waals surface area contributed by atoms with Crippen molar-refractivity contribution in [2.24, 2.45) is 0 Å². The van der Waals surface area contributed by atoms with E-state index in [1.807, 2.05) is 48.2 Å². The van der Waals surface area contributed by atoms with Gasteiger partial charge in [0.1, 0.15) is 6.17 Å². The van der Waals surface area contributed by atoms with Gasteiger partial charge in [-0.05, 0) is 62.4 Å². The first-order chi connectivity index (χ1) is 13.6. The van der Waals surface area contributed by atoms with Crippen molar-refractivity contribution in [3.8, 4) is 0 Å². The van der Waals surface area contributed by atoms with E-state index in [0.29, 0.717) is 17.7 Å². The Morgan fingerprint density at radius 1 is 1.18 bits per heavy atom. The third kappa shape index (κ3) is 3.26. The number of nitrogens with zero attached hydrogens (tertiary/aromatic N) is 2. The largest absolute Gasteiger partial charge is 0.351 e. The van der Waals surface area contributed by atoms with E-state index in [1.165, 1.54) is 0 Å². The summed E-state index contributed by atoms with van der Waals surface area (Å²) in [6, 6.07) is 13.5. The van der Waals surface area contributed by atoms with Gasteiger partial charge in [0.2, 0.25) is 0 Å². The SMILES string of the molecule is CCN1c2cc(C(=O)NCc3ccccc3C)ccc2C(=O)N2CCCC[C@@H]21. The number of hydrogen-bond acceptors (Lipinski definition) is 3. The Labute approximate surface area is 166 Å². The van der Waals surface area contributed by atoms with Crippen LogP contribution in [0.5, 0.6) is 0 Å². The fourth-order valence-corrected chi connectivity index (χ4v) is 4.35. The molecule has 1 N–H and O–H groups in total. The molecule has 2 aromatic rings. The van der Waals surface area contributed by atoms with E-state index in [1.54, 1.807) is 6.07 Å². The highest BCUT2D eigenvalue weighted by Crippen LogP contribution is 2.35. The number of anilines is 1. The summed E-state index contributed by atoms with van der Waals surface area (Å²) in [4.78, 5) is 30.0. The zero-order valence-electron chi connectivity index (χ0n) is 16.6. The summed E-state index contributed by atoms with van der Waals surface area (Å²) in [5.41, 5.74) is 4.46. The molecule has 5 nitrogen and oxygen atoms in total. The molecule has 0 unspecified atom stereocenters. The maximum Gasteiger partial charge on any atom is 0.257 e. The van der Waals surface area contributed by atoms with E-state index < -0.39 is 0 Å². The summed E-state index contributed by atoms with van der Waals surface area (Å²) in [6.45, 7) is 6.28. The first kappa shape index (κ1) is 18.5. The number of fused-ring (bicyclic) bond motifs is 2. The van der Waals surface area contributed by atoms with Crippen LogP contribution in [0.3, 0.4) is 0 Å². The number of aryl methyl sites for hydroxylation is 1. The molecular weight excluding hydrogens is 350 g/mol. The predicted octanol–water partition coefficient (Wildman–Crippen LogP) is 3.72. The molecule has 0 aliphatic carbocycles. The van der Waals surface area contributed by atoms with Crippen LogP contribution >= 0.6 is 0 Å². The van der Waals surface area contributed by atoms with Gasteiger partial charge in [-0.3, -0.25) is 9.59 Å². The van der Waals surface area contributed by atoms with Gasteiger partial charge in [0.25, 0.3) is 11.8 Å². The maximum absolute atomic E-state index is 12.9. The molecule has 0 bridgehead atoms. The summed E-state index contributed by atoms with van der Waals surface area (Å²) in [7, 11) is 0. The highest BCUT2D eigenvalue weighted by molar-refractivity contribution is 6.04. The Kier molecular flexibility index (Phi) is 5.07. The Hall–Kier alpha value is -2.82. The van der Waals surface area contributed by atoms with Gasteiger partial charge in [-0.2, -0.15) is 0 Å². The molecule has 2 aliphatic heterocycles. The molecule has 146 valence electrons. The average Bonchev–Trinajstić information content (AvgIpc) is 2.73. The van der Waals surface area contributed by atoms with Crippen molar-refractivity contribution < 1.29 is 9.59 Å². The zero-order valence-corrected chi connectivity index (χ0v) is 16.6. The molecule has 0 aromatic heterocycles. The molecule has 0 spiro atoms. The molecular formula is C23H27N3O2. The Balaban J connectivity index is 1.58. The maximum atomic E-state index is 12.9. The molecule has 0 saturated carbocycles. The Morgan fingerprint density at radius 3 is 2.79 bits per heavy atom. The molecule has 2 amide bonds. The summed E-state index contributed by atoms with van der Waals surface area (Å²) in [5.74, 6) is -0.0168. The first-order valence-corrected chi connectivity index (χ1v) is 10.1. The molecule has 1 fully saturated rings. The van der Waals surface area contributed by atoms with Crippen molar-refractivity contribution in [1.82, 2.24) is 10.2 Å². The number of carbonyl (C=O) groups excluding carboxylic acids is 2. The fourth-order valence-electron chi connectivity index (χ4n) is 4.35. The van der Waals surface area contributed by atoms with E-state index in [9.17, 15) is 9.59 Å². The van der Waals surface area contributed by atoms with E-state index >= 15 is 0 Å². The molecule has 1 atom stereocenters. The quantitative estimate of drug-likeness (QED) is 0.884. The van der Waals surface area contributed by atoms with Crippen LogP contribution in [0.2, 0.25) is 0 Å². The lowest BCUT2D eigenvalue weighted by molar-refractivity contribution is 0.0582. The topological polar surface area (TPSA) is 52.7 Å². The number of amides is 2. The van der Waals surface area contributed by atoms with Crippen LogP contribution in [0.25, 0.3) is 0 Å². The monoisotopic (exact) mass is 377 g/mol. The van der Waals surface area contributed by atoms with Crippen LogP contribution in [-0.4, -0.2) is 36.0 Å². The minimum Gasteiger partial charge on any atom is -0.351 e. The standard InChI is InChI=1S/C23H27N3O2/c1-3-25-20-14-17(22(27)24-15-18-9-5-4-8-16(18)2)11-12-19(20)23(28)26-13-7-6-10-21(25)26/h4-5,8-9,11-12,14,21H,3,6-7,10,13,15H2,1-2H3,(H,24,27)/t21-/m1/s1. The van der Waals surface area contributed by atoms with Gasteiger partial charge < -0.3 is 15.1 Å². The predicted molar refractivity (Wildman–Crippen MR) is 110 cm³/mol. The van der Waals surface area contributed by atoms with Gasteiger partial charge >= 0.3 is 0 Å². The zero-order chi connectivity index (χ0) is 19.7. The van der Waals surface area contributed by atoms with Gasteiger partial charge in [0, 0.05) is 25.2 Å². The Bertz CT molecular complexity index is 908. The van der Waals surface area contributed by atoms with Gasteiger partial charge in [0.15, 0.2) is 0 Å². The molecule has 4 rings (SSSR count). The number of nitrogens with one attached hydrogen (secondary N) is 1. The second-order valence-electron chi connectivity index (χ2n) is 7.60. The second kappa shape index (κ2) is 7.66. The fraction of sp³-hybridized carbons (Fsp3) is 0.391. The minimum atomic E-state index is -0.111. The highest BCUT2D eigenvalue weighted by atomic mass is 16.2. The van der Waals surface area contributed by atoms with Crippen molar-refractivity contribution in [2.75, 3.05) is 18.0 Å². The normalized spacial score (nSPS) is 18.5. The molecule has 0 radical (unpaired) electrons. The van der Waals surface area contributed by atoms with Gasteiger partial charge in [-0.1, -0.05) is 24.3 Å². The Morgan fingerprint density at radius 2 is 2.00 bits per heavy atom. The smallest absolute Gasteiger partial charge is 0.257 e. The molecule has 1 saturated heterocycles. The lowest BCUT2D eigenvalue weighted by Crippen LogP contribution is -2.57. The number of carbonyl (C=O) groups is 2. The molecule has 2 aliphatic rings. The van der Waals surface area contributed by atoms with Crippen LogP contribution in [0.15, 0.2) is 42.5 Å². The molecule has 2 aromatic carbocycles. The van der Waals surface area contributed by atoms with Crippen LogP contribution in [0.4, 0.5) is 5.69 Å². The second-order valence-corrected chi connectivity index (χ2v) is 7.60. The van der Waals surface area contributed by atoms with Gasteiger partial charge in [-0.15, -0.1) is 0 Å². The summed E-state index contributed by atoms with van der Waals surface area (Å²) in [5, 5.41) is 3.01. The third-order valence-corrected chi connectivity index (χ3v) is 5.93. The number of benzene rings is 2. The third-order valence-electron chi connectivity index (χ3n) is 5.93. The van der Waals surface area contributed by atoms with Gasteiger partial charge in [0.05, 0.1) is 11.3 Å². The van der Waals surface area contributed by atoms with E-state index in [4.69, 9.17) is 0 Å². The van der Waals surface area contributed by atoms with Crippen molar-refractivity contribution in [2.45, 2.75) is 45.8 Å². The van der Waals surface area contributed by atoms with Crippen molar-refractivity contribution in [1.29, 1.82) is 0 Å². The first-order valence-electron chi connectivity index (χ1n) is 10.1. The van der Waals surface area contributed by atoms with Gasteiger partial charge in [-0.25, -0.2) is 0 Å². The van der Waals surface area contributed by atoms with Crippen LogP contribution in [0.1, 0.15) is 58.0 Å². The highest BCUT2D eigenvalue weighted by Gasteiger charge is 2.38. The number of rotatable bonds is 4. The van der Waals surface area contributed by atoms with Crippen LogP contribution in [-0.2, 0) is 6.54 Å². The summed E-state index contributed by atoms with van der Waals surface area (Å²) < 4.78 is 0. The number of piperidine rings is 1. The van der Waals surface area contributed by atoms with Crippen molar-refractivity contribution in [3.05, 3.63) is 64.7 Å². The lowest BCUT2D eigenvalue weighted by atomic mass is 9.97.